The van der Waals surface area contributed by atoms with Gasteiger partial charge in [-0.1, -0.05) is 18.2 Å². The predicted molar refractivity (Wildman–Crippen MR) is 99.9 cm³/mol. The Balaban J connectivity index is 1.44. The lowest BCUT2D eigenvalue weighted by Gasteiger charge is -2.18. The average Bonchev–Trinajstić information content (AvgIpc) is 2.70. The molecule has 1 aliphatic rings. The highest BCUT2D eigenvalue weighted by Gasteiger charge is 2.11. The molecule has 0 aromatic heterocycles. The molecule has 140 valence electrons. The van der Waals surface area contributed by atoms with E-state index in [0.29, 0.717) is 29.6 Å². The topological polar surface area (TPSA) is 76.7 Å². The molecule has 0 aliphatic carbocycles. The van der Waals surface area contributed by atoms with Crippen molar-refractivity contribution in [2.75, 3.05) is 19.0 Å². The van der Waals surface area contributed by atoms with Crippen LogP contribution in [0.2, 0.25) is 0 Å². The number of fused-ring (bicyclic) bond motifs is 1. The van der Waals surface area contributed by atoms with E-state index in [2.05, 4.69) is 10.9 Å². The van der Waals surface area contributed by atoms with E-state index >= 15 is 0 Å². The fraction of sp³-hybridized carbons (Fsp3) is 0.158. The highest BCUT2D eigenvalue weighted by atomic mass is 32.2. The Labute approximate surface area is 159 Å². The van der Waals surface area contributed by atoms with Crippen LogP contribution in [0.1, 0.15) is 5.56 Å². The highest BCUT2D eigenvalue weighted by Crippen LogP contribution is 2.31. The Bertz CT molecular complexity index is 873. The molecule has 2 aromatic carbocycles. The maximum Gasteiger partial charge on any atom is 0.262 e. The first kappa shape index (κ1) is 18.8. The molecule has 2 aromatic rings. The largest absolute Gasteiger partial charge is 0.486 e. The third kappa shape index (κ3) is 5.49. The molecule has 0 fully saturated rings. The van der Waals surface area contributed by atoms with Crippen LogP contribution < -0.4 is 20.3 Å². The Morgan fingerprint density at radius 1 is 1.07 bits per heavy atom. The van der Waals surface area contributed by atoms with Crippen LogP contribution in [0.25, 0.3) is 6.08 Å². The molecule has 2 amide bonds. The van der Waals surface area contributed by atoms with Gasteiger partial charge in [-0.3, -0.25) is 20.4 Å². The number of carbonyl (C=O) groups excluding carboxylic acids is 2. The van der Waals surface area contributed by atoms with Crippen molar-refractivity contribution in [1.82, 2.24) is 10.9 Å². The number of hydrazine groups is 1. The van der Waals surface area contributed by atoms with Gasteiger partial charge in [-0.25, -0.2) is 4.39 Å². The number of rotatable bonds is 5. The fourth-order valence-corrected chi connectivity index (χ4v) is 2.99. The Kier molecular flexibility index (Phi) is 6.32. The van der Waals surface area contributed by atoms with Gasteiger partial charge in [0.05, 0.1) is 5.75 Å². The van der Waals surface area contributed by atoms with E-state index in [-0.39, 0.29) is 11.6 Å². The van der Waals surface area contributed by atoms with Crippen LogP contribution in [0.15, 0.2) is 53.4 Å². The first-order valence-electron chi connectivity index (χ1n) is 8.16. The minimum Gasteiger partial charge on any atom is -0.486 e. The molecule has 3 rings (SSSR count). The molecule has 8 heteroatoms. The van der Waals surface area contributed by atoms with Crippen molar-refractivity contribution < 1.29 is 23.5 Å². The number of hydrogen-bond donors (Lipinski definition) is 2. The normalized spacial score (nSPS) is 12.6. The summed E-state index contributed by atoms with van der Waals surface area (Å²) in [5.74, 6) is -0.0440. The zero-order valence-corrected chi connectivity index (χ0v) is 15.1. The lowest BCUT2D eigenvalue weighted by Crippen LogP contribution is -2.41. The zero-order valence-electron chi connectivity index (χ0n) is 14.2. The quantitative estimate of drug-likeness (QED) is 0.468. The van der Waals surface area contributed by atoms with E-state index in [4.69, 9.17) is 9.47 Å². The lowest BCUT2D eigenvalue weighted by atomic mass is 10.2. The number of thioether (sulfide) groups is 1. The zero-order chi connectivity index (χ0) is 19.1. The van der Waals surface area contributed by atoms with Gasteiger partial charge in [0, 0.05) is 11.0 Å². The number of nitrogens with one attached hydrogen (secondary N) is 2. The van der Waals surface area contributed by atoms with Crippen molar-refractivity contribution in [2.45, 2.75) is 4.90 Å². The van der Waals surface area contributed by atoms with Crippen molar-refractivity contribution in [3.05, 3.63) is 59.9 Å². The lowest BCUT2D eigenvalue weighted by molar-refractivity contribution is -0.125. The molecule has 0 radical (unpaired) electrons. The molecular weight excluding hydrogens is 371 g/mol. The molecule has 0 unspecified atom stereocenters. The van der Waals surface area contributed by atoms with Gasteiger partial charge >= 0.3 is 0 Å². The predicted octanol–water partition coefficient (Wildman–Crippen LogP) is 2.55. The smallest absolute Gasteiger partial charge is 0.262 e. The Morgan fingerprint density at radius 2 is 1.85 bits per heavy atom. The van der Waals surface area contributed by atoms with E-state index in [0.717, 1.165) is 17.3 Å². The number of carbonyl (C=O) groups is 2. The molecule has 0 saturated carbocycles. The molecule has 2 N–H and O–H groups in total. The van der Waals surface area contributed by atoms with E-state index in [1.807, 2.05) is 0 Å². The molecule has 0 atom stereocenters. The molecular formula is C19H17FN2O4S. The third-order valence-corrected chi connectivity index (χ3v) is 4.56. The van der Waals surface area contributed by atoms with Gasteiger partial charge in [0.15, 0.2) is 11.5 Å². The number of amides is 2. The summed E-state index contributed by atoms with van der Waals surface area (Å²) in [5.41, 5.74) is 5.32. The van der Waals surface area contributed by atoms with E-state index in [9.17, 15) is 14.0 Å². The fourth-order valence-electron chi connectivity index (χ4n) is 2.25. The molecule has 6 nitrogen and oxygen atoms in total. The van der Waals surface area contributed by atoms with Crippen LogP contribution in [0.4, 0.5) is 4.39 Å². The van der Waals surface area contributed by atoms with Crippen LogP contribution in [0.5, 0.6) is 11.5 Å². The van der Waals surface area contributed by atoms with Crippen LogP contribution >= 0.6 is 11.8 Å². The van der Waals surface area contributed by atoms with Crippen molar-refractivity contribution in [3.63, 3.8) is 0 Å². The van der Waals surface area contributed by atoms with Gasteiger partial charge in [0.2, 0.25) is 5.91 Å². The molecule has 0 bridgehead atoms. The third-order valence-electron chi connectivity index (χ3n) is 3.51. The summed E-state index contributed by atoms with van der Waals surface area (Å²) in [6.45, 7) is 0.997. The minimum atomic E-state index is -0.492. The first-order valence-corrected chi connectivity index (χ1v) is 9.14. The number of benzene rings is 2. The molecule has 1 aliphatic heterocycles. The van der Waals surface area contributed by atoms with E-state index < -0.39 is 11.8 Å². The summed E-state index contributed by atoms with van der Waals surface area (Å²) in [4.78, 5) is 23.9. The maximum absolute atomic E-state index is 13.5. The summed E-state index contributed by atoms with van der Waals surface area (Å²) in [7, 11) is 0. The SMILES string of the molecule is O=C(/C=C/c1ccc2c(c1)OCCO2)NNC(=O)CSc1ccccc1F. The van der Waals surface area contributed by atoms with Gasteiger partial charge < -0.3 is 9.47 Å². The highest BCUT2D eigenvalue weighted by molar-refractivity contribution is 8.00. The summed E-state index contributed by atoms with van der Waals surface area (Å²) < 4.78 is 24.4. The van der Waals surface area contributed by atoms with Crippen LogP contribution in [-0.2, 0) is 9.59 Å². The van der Waals surface area contributed by atoms with Crippen molar-refractivity contribution in [1.29, 1.82) is 0 Å². The Morgan fingerprint density at radius 3 is 2.67 bits per heavy atom. The minimum absolute atomic E-state index is 0.0207. The number of hydrogen-bond acceptors (Lipinski definition) is 5. The summed E-state index contributed by atoms with van der Waals surface area (Å²) >= 11 is 1.05. The van der Waals surface area contributed by atoms with Crippen molar-refractivity contribution >= 4 is 29.7 Å². The van der Waals surface area contributed by atoms with Crippen LogP contribution in [0, 0.1) is 5.82 Å². The Hall–Kier alpha value is -3.00. The molecule has 1 heterocycles. The molecule has 27 heavy (non-hydrogen) atoms. The van der Waals surface area contributed by atoms with Crippen LogP contribution in [0.3, 0.4) is 0 Å². The monoisotopic (exact) mass is 388 g/mol. The van der Waals surface area contributed by atoms with Crippen molar-refractivity contribution in [2.24, 2.45) is 0 Å². The van der Waals surface area contributed by atoms with Gasteiger partial charge in [-0.15, -0.1) is 11.8 Å². The van der Waals surface area contributed by atoms with Crippen LogP contribution in [-0.4, -0.2) is 30.8 Å². The summed E-state index contributed by atoms with van der Waals surface area (Å²) in [6.07, 6.45) is 2.88. The first-order chi connectivity index (χ1) is 13.1. The maximum atomic E-state index is 13.5. The van der Waals surface area contributed by atoms with Gasteiger partial charge in [0.1, 0.15) is 19.0 Å². The molecule has 0 saturated heterocycles. The van der Waals surface area contributed by atoms with E-state index in [1.54, 1.807) is 42.5 Å². The number of halogens is 1. The standard InChI is InChI=1S/C19H17FN2O4S/c20-14-3-1-2-4-17(14)27-12-19(24)22-21-18(23)8-6-13-5-7-15-16(11-13)26-10-9-25-15/h1-8,11H,9-10,12H2,(H,21,23)(H,22,24)/b8-6+. The van der Waals surface area contributed by atoms with Gasteiger partial charge in [-0.05, 0) is 35.9 Å². The summed E-state index contributed by atoms with van der Waals surface area (Å²) in [5, 5.41) is 0. The second-order valence-electron chi connectivity index (χ2n) is 5.49. The summed E-state index contributed by atoms with van der Waals surface area (Å²) in [6, 6.07) is 11.5. The van der Waals surface area contributed by atoms with E-state index in [1.165, 1.54) is 12.1 Å². The average molecular weight is 388 g/mol. The molecule has 0 spiro atoms. The van der Waals surface area contributed by atoms with Crippen molar-refractivity contribution in [3.8, 4) is 11.5 Å². The van der Waals surface area contributed by atoms with Gasteiger partial charge in [-0.2, -0.15) is 0 Å². The second kappa shape index (κ2) is 9.09. The number of ether oxygens (including phenoxy) is 2. The second-order valence-corrected chi connectivity index (χ2v) is 6.51. The van der Waals surface area contributed by atoms with Gasteiger partial charge in [0.25, 0.3) is 5.91 Å².